The summed E-state index contributed by atoms with van der Waals surface area (Å²) < 4.78 is 0. The van der Waals surface area contributed by atoms with Gasteiger partial charge >= 0.3 is 0 Å². The van der Waals surface area contributed by atoms with Crippen molar-refractivity contribution in [1.29, 1.82) is 0 Å². The van der Waals surface area contributed by atoms with Crippen molar-refractivity contribution in [2.45, 2.75) is 25.7 Å². The van der Waals surface area contributed by atoms with Crippen molar-refractivity contribution < 1.29 is 0 Å². The molecule has 2 fully saturated rings. The number of aromatic nitrogens is 4. The summed E-state index contributed by atoms with van der Waals surface area (Å²) in [5, 5.41) is 20.1. The lowest BCUT2D eigenvalue weighted by molar-refractivity contribution is 0.635. The Balaban J connectivity index is 1.33. The molecule has 5 rings (SSSR count). The third-order valence-electron chi connectivity index (χ3n) is 5.42. The van der Waals surface area contributed by atoms with Gasteiger partial charge < -0.3 is 9.80 Å². The van der Waals surface area contributed by atoms with Gasteiger partial charge in [0, 0.05) is 42.9 Å². The zero-order valence-electron chi connectivity index (χ0n) is 15.0. The predicted molar refractivity (Wildman–Crippen MR) is 103 cm³/mol. The lowest BCUT2D eigenvalue weighted by Crippen LogP contribution is -2.47. The molecule has 1 aliphatic heterocycles. The van der Waals surface area contributed by atoms with Crippen molar-refractivity contribution in [2.75, 3.05) is 36.0 Å². The molecule has 0 amide bonds. The predicted octanol–water partition coefficient (Wildman–Crippen LogP) is 2.93. The average Bonchev–Trinajstić information content (AvgIpc) is 3.54. The van der Waals surface area contributed by atoms with E-state index in [1.54, 1.807) is 0 Å². The maximum Gasteiger partial charge on any atom is 0.159 e. The van der Waals surface area contributed by atoms with Gasteiger partial charge in [0.2, 0.25) is 0 Å². The Hall–Kier alpha value is -2.76. The number of benzene rings is 1. The number of hydrogen-bond donors (Lipinski definition) is 0. The Morgan fingerprint density at radius 2 is 1.50 bits per heavy atom. The standard InChI is InChI=1S/C20H22N6/c1-14-16-4-2-3-5-17(16)20(24-21-14)26-12-10-25(11-13-26)19-9-8-18(22-23-19)15-6-7-15/h2-5,8-9,15H,6-7,10-13H2,1H3. The summed E-state index contributed by atoms with van der Waals surface area (Å²) in [5.74, 6) is 2.62. The van der Waals surface area contributed by atoms with Crippen molar-refractivity contribution in [2.24, 2.45) is 0 Å². The van der Waals surface area contributed by atoms with E-state index in [0.717, 1.165) is 49.2 Å². The Labute approximate surface area is 152 Å². The average molecular weight is 346 g/mol. The van der Waals surface area contributed by atoms with Crippen LogP contribution in [0, 0.1) is 6.92 Å². The molecule has 3 heterocycles. The van der Waals surface area contributed by atoms with Gasteiger partial charge in [-0.1, -0.05) is 24.3 Å². The van der Waals surface area contributed by atoms with E-state index < -0.39 is 0 Å². The van der Waals surface area contributed by atoms with E-state index in [4.69, 9.17) is 0 Å². The fraction of sp³-hybridized carbons (Fsp3) is 0.400. The summed E-state index contributed by atoms with van der Waals surface area (Å²) in [6.45, 7) is 5.67. The van der Waals surface area contributed by atoms with Crippen LogP contribution >= 0.6 is 0 Å². The molecule has 1 saturated heterocycles. The smallest absolute Gasteiger partial charge is 0.159 e. The molecule has 6 heteroatoms. The highest BCUT2D eigenvalue weighted by atomic mass is 15.3. The third-order valence-corrected chi connectivity index (χ3v) is 5.42. The lowest BCUT2D eigenvalue weighted by Gasteiger charge is -2.36. The van der Waals surface area contributed by atoms with E-state index in [1.165, 1.54) is 23.6 Å². The van der Waals surface area contributed by atoms with E-state index in [-0.39, 0.29) is 0 Å². The largest absolute Gasteiger partial charge is 0.352 e. The van der Waals surface area contributed by atoms with Crippen LogP contribution in [0.5, 0.6) is 0 Å². The highest BCUT2D eigenvalue weighted by Gasteiger charge is 2.26. The van der Waals surface area contributed by atoms with Gasteiger partial charge in [0.05, 0.1) is 11.4 Å². The minimum absolute atomic E-state index is 0.654. The van der Waals surface area contributed by atoms with Crippen LogP contribution in [0.1, 0.15) is 30.1 Å². The Kier molecular flexibility index (Phi) is 3.69. The zero-order valence-corrected chi connectivity index (χ0v) is 15.0. The number of anilines is 2. The SMILES string of the molecule is Cc1nnc(N2CCN(c3ccc(C4CC4)nn3)CC2)c2ccccc12. The molecule has 26 heavy (non-hydrogen) atoms. The van der Waals surface area contributed by atoms with Crippen molar-refractivity contribution in [3.63, 3.8) is 0 Å². The molecule has 2 aliphatic rings. The van der Waals surface area contributed by atoms with Gasteiger partial charge in [-0.25, -0.2) is 0 Å². The molecule has 6 nitrogen and oxygen atoms in total. The quantitative estimate of drug-likeness (QED) is 0.727. The molecule has 1 saturated carbocycles. The fourth-order valence-corrected chi connectivity index (χ4v) is 3.71. The van der Waals surface area contributed by atoms with E-state index in [9.17, 15) is 0 Å². The Bertz CT molecular complexity index is 927. The second-order valence-corrected chi connectivity index (χ2v) is 7.22. The van der Waals surface area contributed by atoms with E-state index in [2.05, 4.69) is 66.6 Å². The third kappa shape index (κ3) is 2.75. The van der Waals surface area contributed by atoms with Gasteiger partial charge in [0.15, 0.2) is 11.6 Å². The summed E-state index contributed by atoms with van der Waals surface area (Å²) in [6.07, 6.45) is 2.52. The second kappa shape index (κ2) is 6.20. The van der Waals surface area contributed by atoms with Crippen LogP contribution in [0.3, 0.4) is 0 Å². The first-order chi connectivity index (χ1) is 12.8. The second-order valence-electron chi connectivity index (χ2n) is 7.22. The molecule has 0 radical (unpaired) electrons. The number of rotatable bonds is 3. The normalized spacial score (nSPS) is 17.7. The van der Waals surface area contributed by atoms with E-state index in [1.807, 2.05) is 6.92 Å². The van der Waals surface area contributed by atoms with Crippen LogP contribution in [-0.2, 0) is 0 Å². The number of piperazine rings is 1. The van der Waals surface area contributed by atoms with E-state index >= 15 is 0 Å². The minimum Gasteiger partial charge on any atom is -0.352 e. The topological polar surface area (TPSA) is 58.0 Å². The Morgan fingerprint density at radius 1 is 0.769 bits per heavy atom. The molecule has 2 aromatic heterocycles. The lowest BCUT2D eigenvalue weighted by atomic mass is 10.1. The fourth-order valence-electron chi connectivity index (χ4n) is 3.71. The number of hydrogen-bond acceptors (Lipinski definition) is 6. The van der Waals surface area contributed by atoms with Crippen molar-refractivity contribution in [1.82, 2.24) is 20.4 Å². The van der Waals surface area contributed by atoms with Crippen LogP contribution < -0.4 is 9.80 Å². The van der Waals surface area contributed by atoms with Gasteiger partial charge in [0.1, 0.15) is 0 Å². The van der Waals surface area contributed by atoms with Crippen LogP contribution in [0.4, 0.5) is 11.6 Å². The summed E-state index contributed by atoms with van der Waals surface area (Å²) >= 11 is 0. The molecule has 0 spiro atoms. The van der Waals surface area contributed by atoms with Crippen molar-refractivity contribution in [3.05, 3.63) is 47.8 Å². The van der Waals surface area contributed by atoms with Gasteiger partial charge in [-0.3, -0.25) is 0 Å². The summed E-state index contributed by atoms with van der Waals surface area (Å²) in [6, 6.07) is 12.7. The molecule has 1 aromatic carbocycles. The molecule has 3 aromatic rings. The highest BCUT2D eigenvalue weighted by Crippen LogP contribution is 2.38. The first-order valence-electron chi connectivity index (χ1n) is 9.35. The van der Waals surface area contributed by atoms with Crippen LogP contribution in [-0.4, -0.2) is 46.6 Å². The maximum atomic E-state index is 4.50. The summed E-state index contributed by atoms with van der Waals surface area (Å²) in [7, 11) is 0. The molecule has 0 atom stereocenters. The zero-order chi connectivity index (χ0) is 17.5. The van der Waals surface area contributed by atoms with E-state index in [0.29, 0.717) is 5.92 Å². The maximum absolute atomic E-state index is 4.50. The number of nitrogens with zero attached hydrogens (tertiary/aromatic N) is 6. The van der Waals surface area contributed by atoms with Gasteiger partial charge in [-0.2, -0.15) is 10.2 Å². The molecule has 0 bridgehead atoms. The number of fused-ring (bicyclic) bond motifs is 1. The van der Waals surface area contributed by atoms with Crippen LogP contribution in [0.25, 0.3) is 10.8 Å². The molecule has 0 unspecified atom stereocenters. The van der Waals surface area contributed by atoms with Crippen LogP contribution in [0.2, 0.25) is 0 Å². The molecule has 0 N–H and O–H groups in total. The van der Waals surface area contributed by atoms with Crippen molar-refractivity contribution in [3.8, 4) is 0 Å². The molecular formula is C20H22N6. The highest BCUT2D eigenvalue weighted by molar-refractivity contribution is 5.93. The summed E-state index contributed by atoms with van der Waals surface area (Å²) in [4.78, 5) is 4.64. The minimum atomic E-state index is 0.654. The van der Waals surface area contributed by atoms with Gasteiger partial charge in [-0.15, -0.1) is 10.2 Å². The number of aryl methyl sites for hydroxylation is 1. The van der Waals surface area contributed by atoms with Crippen molar-refractivity contribution >= 4 is 22.4 Å². The molecular weight excluding hydrogens is 324 g/mol. The molecule has 1 aliphatic carbocycles. The Morgan fingerprint density at radius 3 is 2.19 bits per heavy atom. The first-order valence-corrected chi connectivity index (χ1v) is 9.35. The van der Waals surface area contributed by atoms with Gasteiger partial charge in [-0.05, 0) is 31.9 Å². The summed E-state index contributed by atoms with van der Waals surface area (Å²) in [5.41, 5.74) is 2.13. The van der Waals surface area contributed by atoms with Crippen LogP contribution in [0.15, 0.2) is 36.4 Å². The molecule has 132 valence electrons. The first kappa shape index (κ1) is 15.5. The monoisotopic (exact) mass is 346 g/mol. The van der Waals surface area contributed by atoms with Gasteiger partial charge in [0.25, 0.3) is 0 Å².